The molecule has 0 saturated carbocycles. The molecule has 2 aromatic carbocycles. The van der Waals surface area contributed by atoms with E-state index >= 15 is 0 Å². The van der Waals surface area contributed by atoms with Crippen LogP contribution in [0.15, 0.2) is 51.8 Å². The second kappa shape index (κ2) is 7.80. The third-order valence-corrected chi connectivity index (χ3v) is 6.88. The van der Waals surface area contributed by atoms with Crippen LogP contribution >= 0.6 is 11.6 Å². The number of hydrogen-bond acceptors (Lipinski definition) is 4. The van der Waals surface area contributed by atoms with E-state index in [1.165, 1.54) is 6.07 Å². The fourth-order valence-corrected chi connectivity index (χ4v) is 5.24. The van der Waals surface area contributed by atoms with Crippen molar-refractivity contribution >= 4 is 39.1 Å². The Morgan fingerprint density at radius 3 is 2.79 bits per heavy atom. The van der Waals surface area contributed by atoms with Crippen molar-refractivity contribution in [2.75, 3.05) is 11.4 Å². The van der Waals surface area contributed by atoms with Gasteiger partial charge in [0.05, 0.1) is 11.7 Å². The van der Waals surface area contributed by atoms with Crippen molar-refractivity contribution in [1.29, 1.82) is 0 Å². The molecule has 0 bridgehead atoms. The molecule has 152 valence electrons. The summed E-state index contributed by atoms with van der Waals surface area (Å²) in [5.74, 6) is 0.253. The number of anilines is 1. The van der Waals surface area contributed by atoms with Crippen LogP contribution in [-0.2, 0) is 10.0 Å². The molecular formula is C21H22ClN3O3S. The van der Waals surface area contributed by atoms with Gasteiger partial charge >= 0.3 is 0 Å². The van der Waals surface area contributed by atoms with E-state index in [9.17, 15) is 13.2 Å². The molecule has 1 N–H and O–H groups in total. The Balaban J connectivity index is 1.62. The van der Waals surface area contributed by atoms with Gasteiger partial charge in [-0.1, -0.05) is 30.2 Å². The first kappa shape index (κ1) is 19.9. The topological polar surface area (TPSA) is 78.8 Å². The average molecular weight is 432 g/mol. The Labute approximate surface area is 175 Å². The molecular weight excluding hydrogens is 410 g/mol. The van der Waals surface area contributed by atoms with Crippen molar-refractivity contribution in [3.8, 4) is 0 Å². The molecule has 1 atom stereocenters. The van der Waals surface area contributed by atoms with Crippen LogP contribution in [0.2, 0.25) is 5.02 Å². The predicted molar refractivity (Wildman–Crippen MR) is 114 cm³/mol. The fraction of sp³-hybridized carbons (Fsp3) is 0.333. The second-order valence-electron chi connectivity index (χ2n) is 7.38. The Morgan fingerprint density at radius 2 is 2.00 bits per heavy atom. The number of hydrogen-bond donors (Lipinski definition) is 1. The lowest BCUT2D eigenvalue weighted by molar-refractivity contribution is 0.0939. The first-order valence-corrected chi connectivity index (χ1v) is 11.5. The van der Waals surface area contributed by atoms with Gasteiger partial charge in [-0.25, -0.2) is 0 Å². The van der Waals surface area contributed by atoms with Crippen LogP contribution in [0.5, 0.6) is 0 Å². The number of carbonyl (C=O) groups excluding carboxylic acids is 1. The van der Waals surface area contributed by atoms with E-state index in [4.69, 9.17) is 11.6 Å². The molecule has 8 heteroatoms. The molecule has 4 rings (SSSR count). The first-order chi connectivity index (χ1) is 13.8. The Hall–Kier alpha value is -2.38. The van der Waals surface area contributed by atoms with Crippen LogP contribution in [-0.4, -0.2) is 26.7 Å². The van der Waals surface area contributed by atoms with E-state index in [0.29, 0.717) is 23.0 Å². The maximum absolute atomic E-state index is 12.8. The van der Waals surface area contributed by atoms with Crippen LogP contribution in [0.25, 0.3) is 0 Å². The minimum absolute atomic E-state index is 0.0891. The zero-order valence-electron chi connectivity index (χ0n) is 16.1. The zero-order chi connectivity index (χ0) is 20.6. The highest BCUT2D eigenvalue weighted by molar-refractivity contribution is 7.90. The minimum atomic E-state index is -3.82. The lowest BCUT2D eigenvalue weighted by atomic mass is 10.1. The number of rotatable bonds is 3. The number of nitrogens with one attached hydrogen (secondary N) is 1. The molecule has 2 aliphatic rings. The number of amides is 1. The summed E-state index contributed by atoms with van der Waals surface area (Å²) in [6.07, 6.45) is 3.62. The summed E-state index contributed by atoms with van der Waals surface area (Å²) in [6, 6.07) is 11.8. The zero-order valence-corrected chi connectivity index (χ0v) is 17.6. The van der Waals surface area contributed by atoms with Crippen molar-refractivity contribution in [3.05, 3.63) is 58.6 Å². The summed E-state index contributed by atoms with van der Waals surface area (Å²) in [4.78, 5) is 14.8. The summed E-state index contributed by atoms with van der Waals surface area (Å²) in [6.45, 7) is 2.59. The van der Waals surface area contributed by atoms with Gasteiger partial charge in [-0.05, 0) is 55.7 Å². The van der Waals surface area contributed by atoms with Gasteiger partial charge in [-0.15, -0.1) is 4.40 Å². The van der Waals surface area contributed by atoms with E-state index < -0.39 is 10.0 Å². The Morgan fingerprint density at radius 1 is 1.17 bits per heavy atom. The lowest BCUT2D eigenvalue weighted by Crippen LogP contribution is -2.35. The Bertz CT molecular complexity index is 1100. The summed E-state index contributed by atoms with van der Waals surface area (Å²) >= 11 is 6.02. The number of carbonyl (C=O) groups is 1. The van der Waals surface area contributed by atoms with Gasteiger partial charge in [0.15, 0.2) is 0 Å². The third-order valence-electron chi connectivity index (χ3n) is 5.31. The molecule has 0 radical (unpaired) electrons. The monoisotopic (exact) mass is 431 g/mol. The molecule has 2 aliphatic heterocycles. The van der Waals surface area contributed by atoms with E-state index in [0.717, 1.165) is 31.4 Å². The molecule has 1 fully saturated rings. The number of benzene rings is 2. The summed E-state index contributed by atoms with van der Waals surface area (Å²) in [7, 11) is -3.82. The highest BCUT2D eigenvalue weighted by Crippen LogP contribution is 2.35. The normalized spacial score (nSPS) is 18.7. The molecule has 6 nitrogen and oxygen atoms in total. The van der Waals surface area contributed by atoms with E-state index in [1.807, 2.05) is 24.0 Å². The maximum Gasteiger partial charge on any atom is 0.286 e. The predicted octanol–water partition coefficient (Wildman–Crippen LogP) is 4.31. The summed E-state index contributed by atoms with van der Waals surface area (Å²) in [5.41, 5.74) is 1.77. The lowest BCUT2D eigenvalue weighted by Gasteiger charge is -2.29. The first-order valence-electron chi connectivity index (χ1n) is 9.67. The summed E-state index contributed by atoms with van der Waals surface area (Å²) in [5, 5.41) is 3.49. The van der Waals surface area contributed by atoms with Crippen molar-refractivity contribution in [2.45, 2.75) is 43.5 Å². The smallest absolute Gasteiger partial charge is 0.286 e. The van der Waals surface area contributed by atoms with Crippen LogP contribution in [0.1, 0.15) is 54.6 Å². The number of fused-ring (bicyclic) bond motifs is 3. The standard InChI is InChI=1S/C21H22ClN3O3S/c1-14(15-6-5-7-17(22)12-15)23-21(26)16-9-10-18-19(13-16)29(27,28)24-20-8-3-2-4-11-25(18)20/h5-7,9-10,12-14H,2-4,8,11H2,1H3,(H,23,26)/t14-/m1/s1. The molecule has 0 spiro atoms. The molecule has 0 aromatic heterocycles. The molecule has 1 amide bonds. The van der Waals surface area contributed by atoms with Crippen molar-refractivity contribution in [2.24, 2.45) is 4.40 Å². The van der Waals surface area contributed by atoms with Crippen molar-refractivity contribution < 1.29 is 13.2 Å². The van der Waals surface area contributed by atoms with Crippen LogP contribution in [0, 0.1) is 0 Å². The number of amidine groups is 1. The molecule has 0 unspecified atom stereocenters. The number of sulfonamides is 1. The van der Waals surface area contributed by atoms with Crippen molar-refractivity contribution in [3.63, 3.8) is 0 Å². The fourth-order valence-electron chi connectivity index (χ4n) is 3.76. The molecule has 1 saturated heterocycles. The third kappa shape index (κ3) is 4.02. The average Bonchev–Trinajstić information content (AvgIpc) is 2.92. The minimum Gasteiger partial charge on any atom is -0.346 e. The van der Waals surface area contributed by atoms with E-state index in [1.54, 1.807) is 24.3 Å². The molecule has 29 heavy (non-hydrogen) atoms. The van der Waals surface area contributed by atoms with Gasteiger partial charge in [0.2, 0.25) is 0 Å². The van der Waals surface area contributed by atoms with Crippen LogP contribution in [0.3, 0.4) is 0 Å². The van der Waals surface area contributed by atoms with Gasteiger partial charge in [-0.3, -0.25) is 4.79 Å². The van der Waals surface area contributed by atoms with Gasteiger partial charge < -0.3 is 10.2 Å². The van der Waals surface area contributed by atoms with Gasteiger partial charge in [0, 0.05) is 23.6 Å². The quantitative estimate of drug-likeness (QED) is 0.785. The van der Waals surface area contributed by atoms with Gasteiger partial charge in [0.1, 0.15) is 10.7 Å². The summed E-state index contributed by atoms with van der Waals surface area (Å²) < 4.78 is 29.5. The number of halogens is 1. The second-order valence-corrected chi connectivity index (χ2v) is 9.39. The SMILES string of the molecule is C[C@@H](NC(=O)c1ccc2c(c1)S(=O)(=O)N=C1CCCCCN12)c1cccc(Cl)c1. The molecule has 2 aromatic rings. The van der Waals surface area contributed by atoms with Crippen molar-refractivity contribution in [1.82, 2.24) is 5.32 Å². The van der Waals surface area contributed by atoms with Gasteiger partial charge in [-0.2, -0.15) is 8.42 Å². The highest BCUT2D eigenvalue weighted by atomic mass is 35.5. The molecule has 2 heterocycles. The maximum atomic E-state index is 12.8. The Kier molecular flexibility index (Phi) is 5.36. The number of nitrogens with zero attached hydrogens (tertiary/aromatic N) is 2. The largest absolute Gasteiger partial charge is 0.346 e. The van der Waals surface area contributed by atoms with Crippen LogP contribution < -0.4 is 10.2 Å². The van der Waals surface area contributed by atoms with E-state index in [2.05, 4.69) is 9.71 Å². The highest BCUT2D eigenvalue weighted by Gasteiger charge is 2.32. The van der Waals surface area contributed by atoms with Crippen LogP contribution in [0.4, 0.5) is 5.69 Å². The molecule has 0 aliphatic carbocycles. The van der Waals surface area contributed by atoms with E-state index in [-0.39, 0.29) is 22.4 Å². The van der Waals surface area contributed by atoms with Gasteiger partial charge in [0.25, 0.3) is 15.9 Å².